The van der Waals surface area contributed by atoms with Gasteiger partial charge in [0.15, 0.2) is 11.5 Å². The fourth-order valence-corrected chi connectivity index (χ4v) is 2.50. The fourth-order valence-electron chi connectivity index (χ4n) is 1.75. The average Bonchev–Trinajstić information content (AvgIpc) is 3.06. The molecule has 0 aliphatic carbocycles. The molecule has 7 nitrogen and oxygen atoms in total. The number of carbonyl (C=O) groups is 1. The van der Waals surface area contributed by atoms with Crippen molar-refractivity contribution >= 4 is 23.8 Å². The van der Waals surface area contributed by atoms with Gasteiger partial charge in [-0.05, 0) is 42.5 Å². The summed E-state index contributed by atoms with van der Waals surface area (Å²) in [4.78, 5) is 15.3. The van der Waals surface area contributed by atoms with Crippen molar-refractivity contribution in [2.75, 3.05) is 6.79 Å². The third-order valence-electron chi connectivity index (χ3n) is 2.67. The van der Waals surface area contributed by atoms with Gasteiger partial charge in [0.1, 0.15) is 5.82 Å². The van der Waals surface area contributed by atoms with Crippen LogP contribution in [0.4, 0.5) is 0 Å². The first-order chi connectivity index (χ1) is 10.1. The standard InChI is InChI=1S/C13H11N3O4S/c1-7-14-13(16-15-7)21-11(12(17)18)5-8-2-3-9-10(4-8)20-6-19-9/h2-5H,6H2,1H3,(H,17,18)(H,14,15,16)/p-1/b11-5-. The average molecular weight is 304 g/mol. The van der Waals surface area contributed by atoms with Crippen LogP contribution in [-0.2, 0) is 4.79 Å². The van der Waals surface area contributed by atoms with Gasteiger partial charge in [0.25, 0.3) is 0 Å². The van der Waals surface area contributed by atoms with E-state index in [2.05, 4.69) is 15.2 Å². The first-order valence-corrected chi connectivity index (χ1v) is 6.83. The number of H-pyrrole nitrogens is 1. The molecule has 1 aliphatic heterocycles. The highest BCUT2D eigenvalue weighted by Gasteiger charge is 2.13. The highest BCUT2D eigenvalue weighted by molar-refractivity contribution is 8.04. The number of carboxylic acid groups (broad SMARTS) is 1. The second-order valence-electron chi connectivity index (χ2n) is 4.21. The van der Waals surface area contributed by atoms with E-state index in [1.54, 1.807) is 25.1 Å². The van der Waals surface area contributed by atoms with Crippen LogP contribution in [0.5, 0.6) is 11.5 Å². The van der Waals surface area contributed by atoms with Crippen molar-refractivity contribution in [3.8, 4) is 11.5 Å². The van der Waals surface area contributed by atoms with E-state index in [0.717, 1.165) is 11.8 Å². The van der Waals surface area contributed by atoms with E-state index in [1.165, 1.54) is 6.08 Å². The minimum atomic E-state index is -1.29. The molecule has 2 heterocycles. The molecule has 0 unspecified atom stereocenters. The monoisotopic (exact) mass is 304 g/mol. The molecule has 0 atom stereocenters. The number of ether oxygens (including phenoxy) is 2. The van der Waals surface area contributed by atoms with E-state index < -0.39 is 5.97 Å². The van der Waals surface area contributed by atoms with Crippen LogP contribution in [0.2, 0.25) is 0 Å². The maximum absolute atomic E-state index is 11.2. The number of rotatable bonds is 4. The number of thioether (sulfide) groups is 1. The lowest BCUT2D eigenvalue weighted by atomic mass is 10.2. The summed E-state index contributed by atoms with van der Waals surface area (Å²) in [6, 6.07) is 5.16. The van der Waals surface area contributed by atoms with E-state index in [9.17, 15) is 9.90 Å². The van der Waals surface area contributed by atoms with Gasteiger partial charge in [-0.1, -0.05) is 6.07 Å². The zero-order chi connectivity index (χ0) is 14.8. The molecule has 21 heavy (non-hydrogen) atoms. The molecule has 1 aromatic heterocycles. The number of aromatic nitrogens is 3. The summed E-state index contributed by atoms with van der Waals surface area (Å²) in [7, 11) is 0. The number of nitrogens with one attached hydrogen (secondary N) is 1. The Morgan fingerprint density at radius 3 is 2.95 bits per heavy atom. The Bertz CT molecular complexity index is 726. The van der Waals surface area contributed by atoms with Crippen LogP contribution in [0, 0.1) is 6.92 Å². The highest BCUT2D eigenvalue weighted by atomic mass is 32.2. The van der Waals surface area contributed by atoms with Gasteiger partial charge in [-0.15, -0.1) is 5.10 Å². The second-order valence-corrected chi connectivity index (χ2v) is 5.22. The molecule has 108 valence electrons. The molecule has 1 aliphatic rings. The number of fused-ring (bicyclic) bond motifs is 1. The van der Waals surface area contributed by atoms with Gasteiger partial charge in [0.2, 0.25) is 11.9 Å². The summed E-state index contributed by atoms with van der Waals surface area (Å²) in [5.74, 6) is 0.540. The van der Waals surface area contributed by atoms with Crippen LogP contribution in [0.3, 0.4) is 0 Å². The molecule has 0 radical (unpaired) electrons. The number of aromatic amines is 1. The van der Waals surface area contributed by atoms with Crippen LogP contribution in [0.15, 0.2) is 28.3 Å². The number of nitrogens with zero attached hydrogens (tertiary/aromatic N) is 2. The quantitative estimate of drug-likeness (QED) is 0.656. The molecule has 1 N–H and O–H groups in total. The Labute approximate surface area is 124 Å². The van der Waals surface area contributed by atoms with Crippen molar-refractivity contribution in [3.63, 3.8) is 0 Å². The van der Waals surface area contributed by atoms with Gasteiger partial charge >= 0.3 is 0 Å². The van der Waals surface area contributed by atoms with E-state index in [4.69, 9.17) is 9.47 Å². The molecule has 0 saturated heterocycles. The first-order valence-electron chi connectivity index (χ1n) is 6.01. The van der Waals surface area contributed by atoms with Crippen LogP contribution in [0.1, 0.15) is 11.4 Å². The van der Waals surface area contributed by atoms with E-state index >= 15 is 0 Å². The lowest BCUT2D eigenvalue weighted by molar-refractivity contribution is -0.297. The molecule has 0 spiro atoms. The summed E-state index contributed by atoms with van der Waals surface area (Å²) >= 11 is 0.919. The molecule has 0 saturated carbocycles. The largest absolute Gasteiger partial charge is 0.544 e. The lowest BCUT2D eigenvalue weighted by Crippen LogP contribution is -2.23. The maximum atomic E-state index is 11.2. The van der Waals surface area contributed by atoms with Gasteiger partial charge in [-0.2, -0.15) is 0 Å². The summed E-state index contributed by atoms with van der Waals surface area (Å²) in [5, 5.41) is 18.1. The van der Waals surface area contributed by atoms with Crippen molar-refractivity contribution < 1.29 is 19.4 Å². The fraction of sp³-hybridized carbons (Fsp3) is 0.154. The summed E-state index contributed by atoms with van der Waals surface area (Å²) in [6.45, 7) is 1.90. The maximum Gasteiger partial charge on any atom is 0.231 e. The highest BCUT2D eigenvalue weighted by Crippen LogP contribution is 2.34. The van der Waals surface area contributed by atoms with Crippen LogP contribution in [0.25, 0.3) is 6.08 Å². The van der Waals surface area contributed by atoms with Crippen LogP contribution in [-0.4, -0.2) is 27.9 Å². The Morgan fingerprint density at radius 2 is 2.24 bits per heavy atom. The van der Waals surface area contributed by atoms with Gasteiger partial charge < -0.3 is 19.4 Å². The molecule has 1 aromatic carbocycles. The number of hydrogen-bond donors (Lipinski definition) is 1. The number of aryl methyl sites for hydroxylation is 1. The zero-order valence-electron chi connectivity index (χ0n) is 11.0. The molecule has 2 aromatic rings. The number of hydrogen-bond acceptors (Lipinski definition) is 7. The van der Waals surface area contributed by atoms with Crippen LogP contribution < -0.4 is 14.6 Å². The van der Waals surface area contributed by atoms with E-state index in [-0.39, 0.29) is 11.7 Å². The molecule has 3 rings (SSSR count). The number of carbonyl (C=O) groups excluding carboxylic acids is 1. The third-order valence-corrected chi connectivity index (χ3v) is 3.54. The molecular formula is C13H10N3O4S-. The predicted octanol–water partition coefficient (Wildman–Crippen LogP) is 0.725. The van der Waals surface area contributed by atoms with Crippen molar-refractivity contribution in [2.24, 2.45) is 0 Å². The summed E-state index contributed by atoms with van der Waals surface area (Å²) in [5.41, 5.74) is 0.665. The van der Waals surface area contributed by atoms with Crippen molar-refractivity contribution in [1.82, 2.24) is 15.2 Å². The molecular weight excluding hydrogens is 294 g/mol. The molecule has 0 amide bonds. The molecule has 0 fully saturated rings. The van der Waals surface area contributed by atoms with Gasteiger partial charge in [-0.3, -0.25) is 5.10 Å². The minimum Gasteiger partial charge on any atom is -0.544 e. The number of carboxylic acids is 1. The van der Waals surface area contributed by atoms with Crippen molar-refractivity contribution in [1.29, 1.82) is 0 Å². The molecule has 8 heteroatoms. The van der Waals surface area contributed by atoms with Gasteiger partial charge in [0, 0.05) is 4.91 Å². The Kier molecular flexibility index (Phi) is 3.53. The first kappa shape index (κ1) is 13.5. The third kappa shape index (κ3) is 3.00. The van der Waals surface area contributed by atoms with Gasteiger partial charge in [-0.25, -0.2) is 4.98 Å². The second kappa shape index (κ2) is 5.49. The Hall–Kier alpha value is -2.48. The number of benzene rings is 1. The minimum absolute atomic E-state index is 0.00728. The van der Waals surface area contributed by atoms with Crippen LogP contribution >= 0.6 is 11.8 Å². The normalized spacial score (nSPS) is 13.5. The summed E-state index contributed by atoms with van der Waals surface area (Å²) in [6.07, 6.45) is 1.48. The topological polar surface area (TPSA) is 100 Å². The van der Waals surface area contributed by atoms with E-state index in [0.29, 0.717) is 28.0 Å². The predicted molar refractivity (Wildman–Crippen MR) is 72.5 cm³/mol. The Balaban J connectivity index is 1.88. The van der Waals surface area contributed by atoms with E-state index in [1.807, 2.05) is 0 Å². The van der Waals surface area contributed by atoms with Crippen molar-refractivity contribution in [3.05, 3.63) is 34.5 Å². The van der Waals surface area contributed by atoms with Gasteiger partial charge in [0.05, 0.1) is 5.97 Å². The smallest absolute Gasteiger partial charge is 0.231 e. The number of aliphatic carboxylic acids is 1. The molecule has 0 bridgehead atoms. The SMILES string of the molecule is Cc1nc(S/C(=C\c2ccc3c(c2)OCO3)C(=O)[O-])n[nH]1. The lowest BCUT2D eigenvalue weighted by Gasteiger charge is -2.06. The summed E-state index contributed by atoms with van der Waals surface area (Å²) < 4.78 is 10.5. The van der Waals surface area contributed by atoms with Crippen molar-refractivity contribution in [2.45, 2.75) is 12.1 Å². The zero-order valence-corrected chi connectivity index (χ0v) is 11.8. The Morgan fingerprint density at radius 1 is 1.43 bits per heavy atom.